The summed E-state index contributed by atoms with van der Waals surface area (Å²) < 4.78 is 0. The highest BCUT2D eigenvalue weighted by atomic mass is 16.2. The van der Waals surface area contributed by atoms with Gasteiger partial charge < -0.3 is 19.7 Å². The van der Waals surface area contributed by atoms with Crippen molar-refractivity contribution < 1.29 is 9.59 Å². The Hall–Kier alpha value is -4.06. The van der Waals surface area contributed by atoms with Gasteiger partial charge in [0, 0.05) is 73.1 Å². The average molecular weight is 465 g/mol. The van der Waals surface area contributed by atoms with Crippen LogP contribution < -0.4 is 4.90 Å². The van der Waals surface area contributed by atoms with Gasteiger partial charge in [-0.2, -0.15) is 0 Å². The molecule has 2 amide bonds. The van der Waals surface area contributed by atoms with Crippen LogP contribution in [0, 0.1) is 0 Å². The Morgan fingerprint density at radius 3 is 2.37 bits per heavy atom. The molecule has 0 unspecified atom stereocenters. The summed E-state index contributed by atoms with van der Waals surface area (Å²) in [5.74, 6) is 0.108. The minimum Gasteiger partial charge on any atom is -0.368 e. The van der Waals surface area contributed by atoms with E-state index in [1.807, 2.05) is 76.7 Å². The molecule has 3 heterocycles. The predicted octanol–water partition coefficient (Wildman–Crippen LogP) is 4.45. The number of nitrogens with one attached hydrogen (secondary N) is 1. The molecule has 6 nitrogen and oxygen atoms in total. The normalized spacial score (nSPS) is 17.8. The largest absolute Gasteiger partial charge is 0.368 e. The highest BCUT2D eigenvalue weighted by molar-refractivity contribution is 6.01. The third-order valence-corrected chi connectivity index (χ3v) is 7.29. The van der Waals surface area contributed by atoms with Crippen LogP contribution in [0.15, 0.2) is 85.1 Å². The Morgan fingerprint density at radius 2 is 1.54 bits per heavy atom. The maximum Gasteiger partial charge on any atom is 0.255 e. The molecule has 1 fully saturated rings. The third kappa shape index (κ3) is 3.85. The van der Waals surface area contributed by atoms with Gasteiger partial charge in [0.05, 0.1) is 6.04 Å². The lowest BCUT2D eigenvalue weighted by Gasteiger charge is -2.36. The number of amides is 2. The van der Waals surface area contributed by atoms with Crippen molar-refractivity contribution in [3.05, 3.63) is 102 Å². The molecule has 1 N–H and O–H groups in total. The second-order valence-corrected chi connectivity index (χ2v) is 9.23. The zero-order valence-corrected chi connectivity index (χ0v) is 19.6. The molecule has 1 atom stereocenters. The molecule has 3 aromatic carbocycles. The van der Waals surface area contributed by atoms with Crippen molar-refractivity contribution >= 4 is 28.4 Å². The summed E-state index contributed by atoms with van der Waals surface area (Å²) in [6.45, 7) is 3.45. The molecule has 0 saturated carbocycles. The molecular weight excluding hydrogens is 436 g/mol. The SMILES string of the molecule is O=C(CCN1C(=O)c2ccccc2[C@@H]1c1c[nH]c2ccccc12)N1CCN(c2ccccc2)CC1. The number of nitrogens with zero attached hydrogens (tertiary/aromatic N) is 3. The topological polar surface area (TPSA) is 59.7 Å². The number of carbonyl (C=O) groups is 2. The number of carbonyl (C=O) groups excluding carboxylic acids is 2. The van der Waals surface area contributed by atoms with E-state index in [0.29, 0.717) is 26.1 Å². The minimum atomic E-state index is -0.197. The Balaban J connectivity index is 1.18. The van der Waals surface area contributed by atoms with Gasteiger partial charge in [0.2, 0.25) is 5.91 Å². The first-order valence-corrected chi connectivity index (χ1v) is 12.2. The first-order chi connectivity index (χ1) is 17.2. The zero-order chi connectivity index (χ0) is 23.8. The van der Waals surface area contributed by atoms with Crippen molar-refractivity contribution in [2.75, 3.05) is 37.6 Å². The van der Waals surface area contributed by atoms with Crippen molar-refractivity contribution in [1.29, 1.82) is 0 Å². The highest BCUT2D eigenvalue weighted by Crippen LogP contribution is 2.41. The summed E-state index contributed by atoms with van der Waals surface area (Å²) >= 11 is 0. The monoisotopic (exact) mass is 464 g/mol. The lowest BCUT2D eigenvalue weighted by atomic mass is 9.97. The number of hydrogen-bond donors (Lipinski definition) is 1. The van der Waals surface area contributed by atoms with Gasteiger partial charge >= 0.3 is 0 Å². The molecule has 35 heavy (non-hydrogen) atoms. The van der Waals surface area contributed by atoms with Gasteiger partial charge in [-0.05, 0) is 29.8 Å². The zero-order valence-electron chi connectivity index (χ0n) is 19.6. The van der Waals surface area contributed by atoms with Crippen molar-refractivity contribution in [2.45, 2.75) is 12.5 Å². The van der Waals surface area contributed by atoms with Crippen LogP contribution in [0.5, 0.6) is 0 Å². The average Bonchev–Trinajstić information content (AvgIpc) is 3.46. The number of aromatic amines is 1. The van der Waals surface area contributed by atoms with Crippen LogP contribution in [0.2, 0.25) is 0 Å². The fraction of sp³-hybridized carbons (Fsp3) is 0.241. The number of rotatable bonds is 5. The number of hydrogen-bond acceptors (Lipinski definition) is 3. The molecule has 176 valence electrons. The predicted molar refractivity (Wildman–Crippen MR) is 137 cm³/mol. The molecule has 2 aliphatic heterocycles. The van der Waals surface area contributed by atoms with Crippen LogP contribution in [-0.2, 0) is 4.79 Å². The molecule has 1 saturated heterocycles. The molecule has 0 spiro atoms. The second kappa shape index (κ2) is 8.95. The standard InChI is InChI=1S/C29H28N4O2/c34-27(32-18-16-31(17-19-32)21-8-2-1-3-9-21)14-15-33-28(23-11-4-5-12-24(23)29(33)35)25-20-30-26-13-7-6-10-22(25)26/h1-13,20,28,30H,14-19H2/t28-/m1/s1. The van der Waals surface area contributed by atoms with Gasteiger partial charge in [-0.15, -0.1) is 0 Å². The van der Waals surface area contributed by atoms with Gasteiger partial charge in [0.15, 0.2) is 0 Å². The van der Waals surface area contributed by atoms with Crippen molar-refractivity contribution in [1.82, 2.24) is 14.8 Å². The molecule has 2 aliphatic rings. The molecule has 0 radical (unpaired) electrons. The lowest BCUT2D eigenvalue weighted by Crippen LogP contribution is -2.49. The molecule has 0 bridgehead atoms. The fourth-order valence-corrected chi connectivity index (χ4v) is 5.48. The van der Waals surface area contributed by atoms with Gasteiger partial charge in [0.1, 0.15) is 0 Å². The van der Waals surface area contributed by atoms with Crippen LogP contribution in [-0.4, -0.2) is 59.3 Å². The van der Waals surface area contributed by atoms with E-state index in [0.717, 1.165) is 40.7 Å². The summed E-state index contributed by atoms with van der Waals surface area (Å²) in [6, 6.07) is 26.1. The maximum absolute atomic E-state index is 13.4. The summed E-state index contributed by atoms with van der Waals surface area (Å²) in [4.78, 5) is 36.0. The number of piperazine rings is 1. The molecule has 4 aromatic rings. The van der Waals surface area contributed by atoms with E-state index in [1.165, 1.54) is 5.69 Å². The number of H-pyrrole nitrogens is 1. The first-order valence-electron chi connectivity index (χ1n) is 12.2. The smallest absolute Gasteiger partial charge is 0.255 e. The maximum atomic E-state index is 13.4. The van der Waals surface area contributed by atoms with Crippen LogP contribution in [0.25, 0.3) is 10.9 Å². The highest BCUT2D eigenvalue weighted by Gasteiger charge is 2.38. The molecule has 1 aromatic heterocycles. The number of anilines is 1. The van der Waals surface area contributed by atoms with Gasteiger partial charge in [-0.25, -0.2) is 0 Å². The Labute approximate surface area is 204 Å². The van der Waals surface area contributed by atoms with E-state index in [4.69, 9.17) is 0 Å². The van der Waals surface area contributed by atoms with E-state index < -0.39 is 0 Å². The molecule has 0 aliphatic carbocycles. The van der Waals surface area contributed by atoms with Gasteiger partial charge in [-0.3, -0.25) is 9.59 Å². The lowest BCUT2D eigenvalue weighted by molar-refractivity contribution is -0.131. The number of fused-ring (bicyclic) bond motifs is 2. The van der Waals surface area contributed by atoms with Gasteiger partial charge in [-0.1, -0.05) is 54.6 Å². The van der Waals surface area contributed by atoms with Crippen molar-refractivity contribution in [2.24, 2.45) is 0 Å². The number of benzene rings is 3. The first kappa shape index (κ1) is 21.5. The molecule has 6 rings (SSSR count). The van der Waals surface area contributed by atoms with Crippen LogP contribution in [0.4, 0.5) is 5.69 Å². The van der Waals surface area contributed by atoms with E-state index in [1.54, 1.807) is 0 Å². The van der Waals surface area contributed by atoms with E-state index in [-0.39, 0.29) is 17.9 Å². The number of para-hydroxylation sites is 2. The van der Waals surface area contributed by atoms with Crippen LogP contribution >= 0.6 is 0 Å². The van der Waals surface area contributed by atoms with E-state index >= 15 is 0 Å². The van der Waals surface area contributed by atoms with Crippen LogP contribution in [0.1, 0.15) is 33.9 Å². The van der Waals surface area contributed by atoms with Crippen molar-refractivity contribution in [3.8, 4) is 0 Å². The summed E-state index contributed by atoms with van der Waals surface area (Å²) in [6.07, 6.45) is 2.33. The summed E-state index contributed by atoms with van der Waals surface area (Å²) in [5, 5.41) is 1.11. The van der Waals surface area contributed by atoms with Gasteiger partial charge in [0.25, 0.3) is 5.91 Å². The van der Waals surface area contributed by atoms with Crippen molar-refractivity contribution in [3.63, 3.8) is 0 Å². The summed E-state index contributed by atoms with van der Waals surface area (Å²) in [5.41, 5.74) is 5.05. The minimum absolute atomic E-state index is 0.00224. The number of aromatic nitrogens is 1. The fourth-order valence-electron chi connectivity index (χ4n) is 5.48. The summed E-state index contributed by atoms with van der Waals surface area (Å²) in [7, 11) is 0. The molecular formula is C29H28N4O2. The van der Waals surface area contributed by atoms with E-state index in [9.17, 15) is 9.59 Å². The Kier molecular flexibility index (Phi) is 5.49. The van der Waals surface area contributed by atoms with E-state index in [2.05, 4.69) is 28.1 Å². The quantitative estimate of drug-likeness (QED) is 0.475. The molecule has 6 heteroatoms. The second-order valence-electron chi connectivity index (χ2n) is 9.23. The Bertz CT molecular complexity index is 1370. The van der Waals surface area contributed by atoms with Crippen LogP contribution in [0.3, 0.4) is 0 Å². The third-order valence-electron chi connectivity index (χ3n) is 7.29. The Morgan fingerprint density at radius 1 is 0.829 bits per heavy atom.